The maximum atomic E-state index is 12.5. The highest BCUT2D eigenvalue weighted by atomic mass is 79.9. The molecule has 1 aliphatic heterocycles. The minimum absolute atomic E-state index is 0. The molecular formula is C17H26BrClN2O2. The van der Waals surface area contributed by atoms with Crippen molar-refractivity contribution in [1.82, 2.24) is 4.90 Å². The summed E-state index contributed by atoms with van der Waals surface area (Å²) in [6, 6.07) is 6.16. The number of rotatable bonds is 5. The number of likely N-dealkylation sites (tertiary alicyclic amines) is 1. The van der Waals surface area contributed by atoms with Crippen LogP contribution < -0.4 is 10.5 Å². The minimum Gasteiger partial charge on any atom is -0.496 e. The zero-order valence-corrected chi connectivity index (χ0v) is 16.2. The Morgan fingerprint density at radius 1 is 1.48 bits per heavy atom. The summed E-state index contributed by atoms with van der Waals surface area (Å²) < 4.78 is 6.15. The lowest BCUT2D eigenvalue weighted by molar-refractivity contribution is -0.135. The van der Waals surface area contributed by atoms with Gasteiger partial charge in [0.05, 0.1) is 11.6 Å². The van der Waals surface area contributed by atoms with Crippen LogP contribution in [0.2, 0.25) is 0 Å². The van der Waals surface area contributed by atoms with Crippen LogP contribution in [-0.2, 0) is 11.2 Å². The normalized spacial score (nSPS) is 20.8. The second-order valence-electron chi connectivity index (χ2n) is 6.08. The molecule has 4 nitrogen and oxygen atoms in total. The first kappa shape index (κ1) is 20.3. The highest BCUT2D eigenvalue weighted by Crippen LogP contribution is 2.27. The summed E-state index contributed by atoms with van der Waals surface area (Å²) in [5.41, 5.74) is 6.97. The van der Waals surface area contributed by atoms with Crippen LogP contribution in [0.4, 0.5) is 0 Å². The minimum atomic E-state index is 0. The molecule has 1 amide bonds. The second kappa shape index (κ2) is 9.50. The molecule has 2 rings (SSSR count). The third kappa shape index (κ3) is 5.37. The van der Waals surface area contributed by atoms with Crippen LogP contribution in [0.5, 0.6) is 5.75 Å². The molecule has 6 heteroatoms. The van der Waals surface area contributed by atoms with Crippen LogP contribution in [-0.4, -0.2) is 37.0 Å². The van der Waals surface area contributed by atoms with Crippen LogP contribution in [0.1, 0.15) is 31.7 Å². The number of aryl methyl sites for hydroxylation is 1. The fourth-order valence-electron chi connectivity index (χ4n) is 3.06. The van der Waals surface area contributed by atoms with E-state index < -0.39 is 0 Å². The quantitative estimate of drug-likeness (QED) is 0.817. The molecule has 0 saturated carbocycles. The first-order chi connectivity index (χ1) is 10.5. The number of ether oxygens (including phenoxy) is 1. The molecule has 2 atom stereocenters. The van der Waals surface area contributed by atoms with Gasteiger partial charge in [-0.1, -0.05) is 13.0 Å². The lowest BCUT2D eigenvalue weighted by atomic mass is 9.92. The summed E-state index contributed by atoms with van der Waals surface area (Å²) in [6.45, 7) is 3.64. The summed E-state index contributed by atoms with van der Waals surface area (Å²) in [7, 11) is 1.65. The predicted molar refractivity (Wildman–Crippen MR) is 99.2 cm³/mol. The van der Waals surface area contributed by atoms with Gasteiger partial charge in [-0.3, -0.25) is 4.79 Å². The monoisotopic (exact) mass is 404 g/mol. The molecule has 23 heavy (non-hydrogen) atoms. The number of methoxy groups -OCH3 is 1. The molecular weight excluding hydrogens is 380 g/mol. The largest absolute Gasteiger partial charge is 0.496 e. The average molecular weight is 406 g/mol. The first-order valence-electron chi connectivity index (χ1n) is 7.87. The van der Waals surface area contributed by atoms with E-state index in [1.165, 1.54) is 0 Å². The molecule has 1 heterocycles. The summed E-state index contributed by atoms with van der Waals surface area (Å²) in [4.78, 5) is 14.5. The number of hydrogen-bond donors (Lipinski definition) is 1. The van der Waals surface area contributed by atoms with E-state index in [2.05, 4.69) is 22.9 Å². The number of piperidine rings is 1. The van der Waals surface area contributed by atoms with Crippen LogP contribution >= 0.6 is 28.3 Å². The van der Waals surface area contributed by atoms with Gasteiger partial charge in [-0.2, -0.15) is 0 Å². The molecule has 130 valence electrons. The Morgan fingerprint density at radius 3 is 2.83 bits per heavy atom. The maximum Gasteiger partial charge on any atom is 0.223 e. The highest BCUT2D eigenvalue weighted by molar-refractivity contribution is 9.10. The number of nitrogens with zero attached hydrogens (tertiary/aromatic N) is 1. The van der Waals surface area contributed by atoms with Gasteiger partial charge in [-0.05, 0) is 58.8 Å². The summed E-state index contributed by atoms with van der Waals surface area (Å²) in [6.07, 6.45) is 3.38. The zero-order valence-electron chi connectivity index (χ0n) is 13.8. The topological polar surface area (TPSA) is 55.6 Å². The molecule has 1 aromatic carbocycles. The van der Waals surface area contributed by atoms with E-state index in [1.807, 2.05) is 23.1 Å². The number of carbonyl (C=O) groups excluding carboxylic acids is 1. The van der Waals surface area contributed by atoms with Gasteiger partial charge in [0, 0.05) is 25.6 Å². The lowest BCUT2D eigenvalue weighted by Crippen LogP contribution is -2.49. The number of halogens is 2. The van der Waals surface area contributed by atoms with Gasteiger partial charge in [0.1, 0.15) is 5.75 Å². The molecule has 2 unspecified atom stereocenters. The third-order valence-corrected chi connectivity index (χ3v) is 5.03. The van der Waals surface area contributed by atoms with Gasteiger partial charge < -0.3 is 15.4 Å². The van der Waals surface area contributed by atoms with Gasteiger partial charge in [-0.25, -0.2) is 0 Å². The summed E-state index contributed by atoms with van der Waals surface area (Å²) >= 11 is 3.48. The predicted octanol–water partition coefficient (Wildman–Crippen LogP) is 3.40. The van der Waals surface area contributed by atoms with Gasteiger partial charge in [0.25, 0.3) is 0 Å². The molecule has 1 saturated heterocycles. The Hall–Kier alpha value is -0.780. The van der Waals surface area contributed by atoms with Gasteiger partial charge in [-0.15, -0.1) is 12.4 Å². The van der Waals surface area contributed by atoms with E-state index in [0.717, 1.165) is 41.6 Å². The molecule has 0 aromatic heterocycles. The van der Waals surface area contributed by atoms with E-state index in [0.29, 0.717) is 18.9 Å². The Bertz CT molecular complexity index is 527. The Kier molecular flexibility index (Phi) is 8.37. The highest BCUT2D eigenvalue weighted by Gasteiger charge is 2.28. The molecule has 1 aliphatic rings. The van der Waals surface area contributed by atoms with Crippen molar-refractivity contribution in [2.75, 3.05) is 20.2 Å². The third-order valence-electron chi connectivity index (χ3n) is 4.41. The standard InChI is InChI=1S/C17H25BrN2O2.ClH/c1-12-7-8-20(14(9-12)11-19)17(21)6-4-13-3-5-16(22-2)15(18)10-13;/h3,5,10,12,14H,4,6-9,11,19H2,1-2H3;1H. The Balaban J connectivity index is 0.00000264. The first-order valence-corrected chi connectivity index (χ1v) is 8.66. The number of nitrogens with two attached hydrogens (primary N) is 1. The van der Waals surface area contributed by atoms with Gasteiger partial charge >= 0.3 is 0 Å². The summed E-state index contributed by atoms with van der Waals surface area (Å²) in [5, 5.41) is 0. The van der Waals surface area contributed by atoms with Crippen LogP contribution in [0.25, 0.3) is 0 Å². The SMILES string of the molecule is COc1ccc(CCC(=O)N2CCC(C)CC2CN)cc1Br.Cl. The van der Waals surface area contributed by atoms with Crippen molar-refractivity contribution < 1.29 is 9.53 Å². The molecule has 1 aromatic rings. The number of benzene rings is 1. The Morgan fingerprint density at radius 2 is 2.22 bits per heavy atom. The van der Waals surface area contributed by atoms with Crippen molar-refractivity contribution >= 4 is 34.2 Å². The van der Waals surface area contributed by atoms with E-state index >= 15 is 0 Å². The molecule has 1 fully saturated rings. The number of amides is 1. The van der Waals surface area contributed by atoms with Crippen molar-refractivity contribution in [3.8, 4) is 5.75 Å². The van der Waals surface area contributed by atoms with E-state index in [9.17, 15) is 4.79 Å². The van der Waals surface area contributed by atoms with Crippen molar-refractivity contribution in [2.24, 2.45) is 11.7 Å². The van der Waals surface area contributed by atoms with Crippen molar-refractivity contribution in [2.45, 2.75) is 38.6 Å². The van der Waals surface area contributed by atoms with Gasteiger partial charge in [0.2, 0.25) is 5.91 Å². The lowest BCUT2D eigenvalue weighted by Gasteiger charge is -2.38. The number of carbonyl (C=O) groups is 1. The van der Waals surface area contributed by atoms with E-state index in [-0.39, 0.29) is 24.4 Å². The second-order valence-corrected chi connectivity index (χ2v) is 6.93. The molecule has 0 aliphatic carbocycles. The van der Waals surface area contributed by atoms with E-state index in [1.54, 1.807) is 7.11 Å². The fourth-order valence-corrected chi connectivity index (χ4v) is 3.65. The smallest absolute Gasteiger partial charge is 0.223 e. The maximum absolute atomic E-state index is 12.5. The summed E-state index contributed by atoms with van der Waals surface area (Å²) in [5.74, 6) is 1.69. The molecule has 2 N–H and O–H groups in total. The van der Waals surface area contributed by atoms with E-state index in [4.69, 9.17) is 10.5 Å². The average Bonchev–Trinajstić information content (AvgIpc) is 2.52. The molecule has 0 spiro atoms. The van der Waals surface area contributed by atoms with Crippen LogP contribution in [0.3, 0.4) is 0 Å². The van der Waals surface area contributed by atoms with Crippen LogP contribution in [0, 0.1) is 5.92 Å². The zero-order chi connectivity index (χ0) is 16.1. The van der Waals surface area contributed by atoms with Crippen LogP contribution in [0.15, 0.2) is 22.7 Å². The number of hydrogen-bond acceptors (Lipinski definition) is 3. The molecule has 0 bridgehead atoms. The Labute approximate surface area is 153 Å². The van der Waals surface area contributed by atoms with Crippen molar-refractivity contribution in [3.05, 3.63) is 28.2 Å². The fraction of sp³-hybridized carbons (Fsp3) is 0.588. The molecule has 0 radical (unpaired) electrons. The van der Waals surface area contributed by atoms with Gasteiger partial charge in [0.15, 0.2) is 0 Å². The van der Waals surface area contributed by atoms with Crippen molar-refractivity contribution in [1.29, 1.82) is 0 Å². The van der Waals surface area contributed by atoms with Crippen molar-refractivity contribution in [3.63, 3.8) is 0 Å².